The van der Waals surface area contributed by atoms with Crippen LogP contribution in [0.25, 0.3) is 0 Å². The molecule has 2 amide bonds. The molecular weight excluding hydrogens is 298 g/mol. The third kappa shape index (κ3) is 60.7. The first-order chi connectivity index (χ1) is 5.44. The largest absolute Gasteiger partial charge is 1.00 e. The second-order valence-electron chi connectivity index (χ2n) is 1.40. The number of amides is 2. The van der Waals surface area contributed by atoms with Crippen LogP contribution >= 0.6 is 7.82 Å². The molecule has 0 aromatic heterocycles. The van der Waals surface area contributed by atoms with Gasteiger partial charge in [0.05, 0.1) is 0 Å². The maximum Gasteiger partial charge on any atom is 1.00 e. The summed E-state index contributed by atoms with van der Waals surface area (Å²) in [6.07, 6.45) is 0. The Balaban J connectivity index is -0.0000000338. The number of carbonyl (C=O) groups excluding carboxylic acids is 1. The summed E-state index contributed by atoms with van der Waals surface area (Å²) in [6.45, 7) is 0. The van der Waals surface area contributed by atoms with E-state index in [1.54, 1.807) is 0 Å². The van der Waals surface area contributed by atoms with E-state index in [-0.39, 0.29) is 65.1 Å². The Morgan fingerprint density at radius 1 is 1.25 bits per heavy atom. The van der Waals surface area contributed by atoms with Gasteiger partial charge in [-0.2, -0.15) is 8.42 Å². The molecule has 16 heavy (non-hydrogen) atoms. The Morgan fingerprint density at radius 3 is 1.44 bits per heavy atom. The zero-order valence-corrected chi connectivity index (χ0v) is 13.1. The third-order valence-corrected chi connectivity index (χ3v) is 1.72. The Kier molecular flexibility index (Phi) is 23.2. The normalized spacial score (nSPS) is 9.19. The molecule has 0 radical (unpaired) electrons. The van der Waals surface area contributed by atoms with Crippen LogP contribution in [0.3, 0.4) is 0 Å². The van der Waals surface area contributed by atoms with E-state index in [0.29, 0.717) is 0 Å². The average molecular weight is 312 g/mol. The second kappa shape index (κ2) is 12.3. The van der Waals surface area contributed by atoms with Gasteiger partial charge in [-0.3, -0.25) is 4.55 Å². The van der Waals surface area contributed by atoms with Crippen LogP contribution in [0.2, 0.25) is 0 Å². The summed E-state index contributed by atoms with van der Waals surface area (Å²) in [7, 11) is -10.2. The van der Waals surface area contributed by atoms with Gasteiger partial charge in [-0.15, -0.1) is 3.97 Å². The Hall–Kier alpha value is 0.846. The summed E-state index contributed by atoms with van der Waals surface area (Å²) >= 11 is 0. The van der Waals surface area contributed by atoms with Crippen molar-refractivity contribution in [1.29, 1.82) is 0 Å². The molecular formula is CH14KN4O8PS. The van der Waals surface area contributed by atoms with Crippen LogP contribution in [0, 0.1) is 0 Å². The average Bonchev–Trinajstić information content (AvgIpc) is 1.47. The van der Waals surface area contributed by atoms with Crippen LogP contribution in [0.4, 0.5) is 4.79 Å². The summed E-state index contributed by atoms with van der Waals surface area (Å²) in [5.41, 5.74) is 8.50. The Labute approximate surface area is 135 Å². The predicted molar refractivity (Wildman–Crippen MR) is 49.6 cm³/mol. The molecule has 0 aromatic rings. The number of nitrogens with two attached hydrogens (primary N) is 2. The fourth-order valence-corrected chi connectivity index (χ4v) is 1.10. The van der Waals surface area contributed by atoms with E-state index >= 15 is 0 Å². The number of rotatable bonds is 2. The smallest absolute Gasteiger partial charge is 1.00 e. The summed E-state index contributed by atoms with van der Waals surface area (Å²) < 4.78 is 39.0. The fourth-order valence-electron chi connectivity index (χ4n) is 0.123. The van der Waals surface area contributed by atoms with Crippen molar-refractivity contribution in [3.8, 4) is 0 Å². The molecule has 0 bridgehead atoms. The molecule has 0 aliphatic heterocycles. The van der Waals surface area contributed by atoms with Crippen molar-refractivity contribution < 1.29 is 88.9 Å². The van der Waals surface area contributed by atoms with Gasteiger partial charge in [-0.25, -0.2) is 9.36 Å². The first-order valence-electron chi connectivity index (χ1n) is 2.23. The topological polar surface area (TPSA) is 260 Å². The second-order valence-corrected chi connectivity index (χ2v) is 3.83. The van der Waals surface area contributed by atoms with Crippen molar-refractivity contribution in [2.45, 2.75) is 0 Å². The van der Waals surface area contributed by atoms with Gasteiger partial charge in [0.1, 0.15) is 0 Å². The van der Waals surface area contributed by atoms with Crippen molar-refractivity contribution >= 4 is 24.3 Å². The molecule has 98 valence electrons. The molecule has 13 N–H and O–H groups in total. The van der Waals surface area contributed by atoms with Gasteiger partial charge >= 0.3 is 75.6 Å². The Morgan fingerprint density at radius 2 is 1.44 bits per heavy atom. The molecule has 0 aliphatic carbocycles. The van der Waals surface area contributed by atoms with Gasteiger partial charge < -0.3 is 35.0 Å². The van der Waals surface area contributed by atoms with Gasteiger partial charge in [-0.05, 0) is 0 Å². The fraction of sp³-hybridized carbons (Fsp3) is 0. The quantitative estimate of drug-likeness (QED) is 0.145. The number of primary amides is 2. The van der Waals surface area contributed by atoms with E-state index in [1.165, 1.54) is 0 Å². The molecule has 0 spiro atoms. The molecule has 0 rings (SSSR count). The van der Waals surface area contributed by atoms with Crippen molar-refractivity contribution in [3.63, 3.8) is 0 Å². The molecule has 0 heterocycles. The maximum atomic E-state index is 9.58. The zero-order chi connectivity index (χ0) is 11.3. The molecule has 0 atom stereocenters. The van der Waals surface area contributed by atoms with Gasteiger partial charge in [0.25, 0.3) is 0 Å². The first kappa shape index (κ1) is 30.1. The van der Waals surface area contributed by atoms with E-state index in [9.17, 15) is 13.0 Å². The van der Waals surface area contributed by atoms with Crippen molar-refractivity contribution in [1.82, 2.24) is 12.3 Å². The van der Waals surface area contributed by atoms with Crippen LogP contribution < -0.4 is 75.2 Å². The van der Waals surface area contributed by atoms with Crippen LogP contribution in [-0.2, 0) is 18.9 Å². The molecule has 0 saturated carbocycles. The summed E-state index contributed by atoms with van der Waals surface area (Å²) in [5.74, 6) is 0. The molecule has 0 aliphatic rings. The molecule has 0 saturated heterocycles. The number of hydrogen-bond donors (Lipinski definition) is 7. The van der Waals surface area contributed by atoms with Crippen LogP contribution in [0.1, 0.15) is 1.43 Å². The van der Waals surface area contributed by atoms with Crippen molar-refractivity contribution in [3.05, 3.63) is 0 Å². The Bertz CT molecular complexity index is 311. The number of carbonyl (C=O) groups is 1. The van der Waals surface area contributed by atoms with Gasteiger partial charge in [0, 0.05) is 0 Å². The summed E-state index contributed by atoms with van der Waals surface area (Å²) in [5, 5.41) is 0. The number of phosphoric acid groups is 1. The van der Waals surface area contributed by atoms with Crippen LogP contribution in [-0.4, -0.2) is 28.8 Å². The van der Waals surface area contributed by atoms with Gasteiger partial charge in [0.15, 0.2) is 0 Å². The first-order valence-corrected chi connectivity index (χ1v) is 5.12. The van der Waals surface area contributed by atoms with Crippen LogP contribution in [0.5, 0.6) is 0 Å². The predicted octanol–water partition coefficient (Wildman–Crippen LogP) is -4.64. The maximum absolute atomic E-state index is 9.58. The molecule has 12 nitrogen and oxygen atoms in total. The summed E-state index contributed by atoms with van der Waals surface area (Å²) in [6, 6.07) is -0.833. The SMILES string of the molecule is N.N.NC(N)=O.O=P(O)(O)OS(=O)(=O)O.[H-].[K+]. The molecule has 0 unspecified atom stereocenters. The number of hydrogen-bond acceptors (Lipinski definition) is 7. The van der Waals surface area contributed by atoms with Crippen molar-refractivity contribution in [2.75, 3.05) is 0 Å². The third-order valence-electron chi connectivity index (χ3n) is 0.191. The van der Waals surface area contributed by atoms with E-state index in [4.69, 9.17) is 19.1 Å². The molecule has 15 heteroatoms. The number of urea groups is 1. The van der Waals surface area contributed by atoms with Crippen LogP contribution in [0.15, 0.2) is 0 Å². The van der Waals surface area contributed by atoms with E-state index in [0.717, 1.165) is 0 Å². The standard InChI is InChI=1S/CH4N2O.K.2H3N.H3O7PS.H/c2-1(3)4;;;;1-8(2,3)7-9(4,5)6;/h(H4,2,3,4);;2*1H3;(H2,1,2,3)(H,4,5,6);/q;+1;;;;-1. The molecule has 0 fully saturated rings. The van der Waals surface area contributed by atoms with E-state index in [2.05, 4.69) is 15.4 Å². The monoisotopic (exact) mass is 312 g/mol. The van der Waals surface area contributed by atoms with Gasteiger partial charge in [-0.1, -0.05) is 0 Å². The van der Waals surface area contributed by atoms with E-state index in [1.807, 2.05) is 0 Å². The minimum Gasteiger partial charge on any atom is -1.00 e. The summed E-state index contributed by atoms with van der Waals surface area (Å²) in [4.78, 5) is 24.4. The van der Waals surface area contributed by atoms with E-state index < -0.39 is 24.3 Å². The minimum absolute atomic E-state index is 0. The minimum atomic E-state index is -5.13. The molecule has 0 aromatic carbocycles. The van der Waals surface area contributed by atoms with Gasteiger partial charge in [0.2, 0.25) is 0 Å². The van der Waals surface area contributed by atoms with Crippen molar-refractivity contribution in [2.24, 2.45) is 11.5 Å². The zero-order valence-electron chi connectivity index (χ0n) is 9.31.